The molecule has 0 saturated heterocycles. The number of nitrogens with one attached hydrogen (secondary N) is 2. The average molecular weight is 378 g/mol. The van der Waals surface area contributed by atoms with Crippen molar-refractivity contribution in [2.45, 2.75) is 0 Å². The number of rotatable bonds is 17. The quantitative estimate of drug-likeness (QED) is 0.230. The van der Waals surface area contributed by atoms with Crippen molar-refractivity contribution in [1.82, 2.24) is 0 Å². The standard InChI is InChI=1S/C14H24N2O10/c17-11(18)7-15(8-12(19)20)1-3-25-5-6-26-4-2-16(9-13(21)22)10-14(23)24/h1-10H2,(H,17,18)(H,19,20)(H,21,22)(H,23,24)/p-2. The van der Waals surface area contributed by atoms with Gasteiger partial charge in [0, 0.05) is 0 Å². The Morgan fingerprint density at radius 3 is 1.04 bits per heavy atom. The van der Waals surface area contributed by atoms with Crippen molar-refractivity contribution in [2.75, 3.05) is 65.7 Å². The van der Waals surface area contributed by atoms with Crippen LogP contribution in [0.3, 0.4) is 0 Å². The minimum atomic E-state index is -1.38. The van der Waals surface area contributed by atoms with Crippen LogP contribution in [0.4, 0.5) is 0 Å². The molecule has 0 bridgehead atoms. The molecule has 0 rings (SSSR count). The molecule has 150 valence electrons. The Morgan fingerprint density at radius 2 is 0.808 bits per heavy atom. The molecule has 0 aromatic heterocycles. The van der Waals surface area contributed by atoms with Gasteiger partial charge in [-0.25, -0.2) is 0 Å². The predicted octanol–water partition coefficient (Wildman–Crippen LogP) is -10.2. The monoisotopic (exact) mass is 378 g/mol. The number of hydrogen-bond donors (Lipinski definition) is 2. The molecular weight excluding hydrogens is 356 g/mol. The molecule has 0 aliphatic carbocycles. The second-order valence-corrected chi connectivity index (χ2v) is 5.42. The Labute approximate surface area is 149 Å². The van der Waals surface area contributed by atoms with E-state index in [0.717, 1.165) is 0 Å². The van der Waals surface area contributed by atoms with Gasteiger partial charge < -0.3 is 58.9 Å². The summed E-state index contributed by atoms with van der Waals surface area (Å²) in [7, 11) is 0. The van der Waals surface area contributed by atoms with E-state index < -0.39 is 50.1 Å². The van der Waals surface area contributed by atoms with Gasteiger partial charge in [-0.05, 0) is 0 Å². The van der Waals surface area contributed by atoms with Crippen LogP contribution in [0.2, 0.25) is 0 Å². The summed E-state index contributed by atoms with van der Waals surface area (Å²) in [6, 6.07) is 0. The minimum absolute atomic E-state index is 0.0893. The molecule has 0 fully saturated rings. The Bertz CT molecular complexity index is 397. The molecule has 12 nitrogen and oxygen atoms in total. The molecule has 0 heterocycles. The molecule has 0 unspecified atom stereocenters. The molecule has 0 aromatic carbocycles. The Morgan fingerprint density at radius 1 is 0.538 bits per heavy atom. The van der Waals surface area contributed by atoms with E-state index in [1.54, 1.807) is 0 Å². The van der Waals surface area contributed by atoms with Crippen LogP contribution in [0.15, 0.2) is 0 Å². The van der Waals surface area contributed by atoms with Gasteiger partial charge >= 0.3 is 0 Å². The maximum atomic E-state index is 10.5. The van der Waals surface area contributed by atoms with Crippen molar-refractivity contribution in [3.8, 4) is 0 Å². The Kier molecular flexibility index (Phi) is 12.7. The van der Waals surface area contributed by atoms with Gasteiger partial charge in [-0.2, -0.15) is 0 Å². The third-order valence-corrected chi connectivity index (χ3v) is 3.15. The summed E-state index contributed by atoms with van der Waals surface area (Å²) in [6.45, 7) is -1.23. The molecule has 0 spiro atoms. The summed E-state index contributed by atoms with van der Waals surface area (Å²) >= 11 is 0. The smallest absolute Gasteiger partial charge is 0.118 e. The maximum Gasteiger partial charge on any atom is 0.118 e. The molecular formula is C14H22N2O10-2. The molecule has 0 amide bonds. The van der Waals surface area contributed by atoms with E-state index >= 15 is 0 Å². The van der Waals surface area contributed by atoms with Crippen LogP contribution in [-0.2, 0) is 28.7 Å². The van der Waals surface area contributed by atoms with E-state index in [1.807, 2.05) is 0 Å². The lowest BCUT2D eigenvalue weighted by atomic mass is 10.4. The van der Waals surface area contributed by atoms with E-state index in [2.05, 4.69) is 0 Å². The zero-order valence-electron chi connectivity index (χ0n) is 14.2. The van der Waals surface area contributed by atoms with Crippen molar-refractivity contribution in [3.63, 3.8) is 0 Å². The van der Waals surface area contributed by atoms with Gasteiger partial charge in [0.05, 0.1) is 50.3 Å². The zero-order chi connectivity index (χ0) is 19.9. The first kappa shape index (κ1) is 23.7. The number of aliphatic carboxylic acids is 4. The summed E-state index contributed by atoms with van der Waals surface area (Å²) in [4.78, 5) is 42.4. The molecule has 0 atom stereocenters. The summed E-state index contributed by atoms with van der Waals surface area (Å²) in [6.07, 6.45) is 0. The lowest BCUT2D eigenvalue weighted by Gasteiger charge is -2.20. The third kappa shape index (κ3) is 15.3. The average Bonchev–Trinajstić information content (AvgIpc) is 2.47. The zero-order valence-corrected chi connectivity index (χ0v) is 14.2. The number of carbonyl (C=O) groups is 4. The maximum absolute atomic E-state index is 10.5. The predicted molar refractivity (Wildman–Crippen MR) is 72.8 cm³/mol. The van der Waals surface area contributed by atoms with E-state index in [1.165, 1.54) is 0 Å². The molecule has 0 radical (unpaired) electrons. The molecule has 26 heavy (non-hydrogen) atoms. The number of hydrogen-bond acceptors (Lipinski definition) is 10. The molecule has 0 saturated carbocycles. The molecule has 12 heteroatoms. The molecule has 0 aromatic rings. The van der Waals surface area contributed by atoms with E-state index in [-0.39, 0.29) is 49.3 Å². The van der Waals surface area contributed by atoms with Crippen LogP contribution in [0.25, 0.3) is 0 Å². The van der Waals surface area contributed by atoms with Crippen molar-refractivity contribution >= 4 is 23.9 Å². The van der Waals surface area contributed by atoms with Gasteiger partial charge in [0.25, 0.3) is 0 Å². The molecule has 2 N–H and O–H groups in total. The first-order valence-electron chi connectivity index (χ1n) is 7.82. The SMILES string of the molecule is O=C([O-])C[NH+](CCOCCOCC[NH+](CC(=O)[O-])CC(=O)[O-])CC(=O)[O-]. The van der Waals surface area contributed by atoms with Crippen molar-refractivity contribution < 1.29 is 58.9 Å². The molecule has 0 aliphatic heterocycles. The highest BCUT2D eigenvalue weighted by Gasteiger charge is 2.10. The van der Waals surface area contributed by atoms with Gasteiger partial charge in [-0.1, -0.05) is 0 Å². The van der Waals surface area contributed by atoms with Crippen molar-refractivity contribution in [3.05, 3.63) is 0 Å². The van der Waals surface area contributed by atoms with Crippen molar-refractivity contribution in [2.24, 2.45) is 0 Å². The Balaban J connectivity index is 3.83. The van der Waals surface area contributed by atoms with Gasteiger partial charge in [0.15, 0.2) is 0 Å². The fourth-order valence-electron chi connectivity index (χ4n) is 2.05. The minimum Gasteiger partial charge on any atom is -0.544 e. The lowest BCUT2D eigenvalue weighted by Crippen LogP contribution is -3.15. The topological polar surface area (TPSA) is 188 Å². The second-order valence-electron chi connectivity index (χ2n) is 5.42. The van der Waals surface area contributed by atoms with Gasteiger partial charge in [0.2, 0.25) is 0 Å². The normalized spacial score (nSPS) is 11.0. The Hall–Kier alpha value is -2.28. The number of carbonyl (C=O) groups excluding carboxylic acids is 4. The van der Waals surface area contributed by atoms with Gasteiger partial charge in [0.1, 0.15) is 39.3 Å². The van der Waals surface area contributed by atoms with E-state index in [0.29, 0.717) is 0 Å². The largest absolute Gasteiger partial charge is 0.544 e. The number of quaternary nitrogens is 2. The highest BCUT2D eigenvalue weighted by atomic mass is 16.5. The number of carboxylic acid groups (broad SMARTS) is 4. The summed E-state index contributed by atoms with van der Waals surface area (Å²) in [5.41, 5.74) is 0. The summed E-state index contributed by atoms with van der Waals surface area (Å²) in [5.74, 6) is -5.54. The number of ether oxygens (including phenoxy) is 2. The lowest BCUT2D eigenvalue weighted by molar-refractivity contribution is -0.889. The van der Waals surface area contributed by atoms with Crippen LogP contribution in [0, 0.1) is 0 Å². The summed E-state index contributed by atoms with van der Waals surface area (Å²) in [5, 5.41) is 42.0. The van der Waals surface area contributed by atoms with E-state index in [4.69, 9.17) is 9.47 Å². The van der Waals surface area contributed by atoms with E-state index in [9.17, 15) is 39.6 Å². The van der Waals surface area contributed by atoms with Gasteiger partial charge in [-0.15, -0.1) is 0 Å². The van der Waals surface area contributed by atoms with Crippen LogP contribution in [0.5, 0.6) is 0 Å². The second kappa shape index (κ2) is 13.9. The third-order valence-electron chi connectivity index (χ3n) is 3.15. The highest BCUT2D eigenvalue weighted by molar-refractivity contribution is 5.68. The fourth-order valence-corrected chi connectivity index (χ4v) is 2.05. The van der Waals surface area contributed by atoms with Crippen LogP contribution in [-0.4, -0.2) is 89.6 Å². The first-order chi connectivity index (χ1) is 12.2. The van der Waals surface area contributed by atoms with Crippen LogP contribution < -0.4 is 30.2 Å². The van der Waals surface area contributed by atoms with Gasteiger partial charge in [-0.3, -0.25) is 0 Å². The molecule has 0 aliphatic rings. The van der Waals surface area contributed by atoms with Crippen LogP contribution in [0.1, 0.15) is 0 Å². The van der Waals surface area contributed by atoms with Crippen molar-refractivity contribution in [1.29, 1.82) is 0 Å². The first-order valence-corrected chi connectivity index (χ1v) is 7.82. The highest BCUT2D eigenvalue weighted by Crippen LogP contribution is 1.76. The number of carboxylic acids is 4. The summed E-state index contributed by atoms with van der Waals surface area (Å²) < 4.78 is 10.4. The van der Waals surface area contributed by atoms with Crippen LogP contribution >= 0.6 is 0 Å². The fraction of sp³-hybridized carbons (Fsp3) is 0.714.